The Labute approximate surface area is 178 Å². The molecule has 0 aliphatic carbocycles. The SMILES string of the molecule is CCN1C(=O)N(c2ccc(I)cc2)S(=O)(=O)c2ccc(OCC(C)(C)O)cc21. The molecule has 0 bridgehead atoms. The number of urea groups is 1. The third kappa shape index (κ3) is 3.96. The number of hydrogen-bond donors (Lipinski definition) is 1. The number of carbonyl (C=O) groups excluding carboxylic acids is 1. The molecule has 150 valence electrons. The number of rotatable bonds is 5. The highest BCUT2D eigenvalue weighted by molar-refractivity contribution is 14.1. The fourth-order valence-electron chi connectivity index (χ4n) is 2.82. The Hall–Kier alpha value is -1.85. The van der Waals surface area contributed by atoms with Crippen LogP contribution in [0.25, 0.3) is 0 Å². The van der Waals surface area contributed by atoms with E-state index in [9.17, 15) is 18.3 Å². The zero-order valence-corrected chi connectivity index (χ0v) is 18.7. The van der Waals surface area contributed by atoms with Crippen LogP contribution in [0, 0.1) is 3.57 Å². The topological polar surface area (TPSA) is 87.2 Å². The van der Waals surface area contributed by atoms with Gasteiger partial charge in [-0.05, 0) is 79.8 Å². The molecular formula is C19H21IN2O5S. The van der Waals surface area contributed by atoms with Gasteiger partial charge in [-0.1, -0.05) is 0 Å². The highest BCUT2D eigenvalue weighted by Gasteiger charge is 2.42. The summed E-state index contributed by atoms with van der Waals surface area (Å²) in [6.45, 7) is 5.31. The van der Waals surface area contributed by atoms with E-state index in [1.165, 1.54) is 23.1 Å². The van der Waals surface area contributed by atoms with Crippen molar-refractivity contribution >= 4 is 50.0 Å². The molecule has 1 aliphatic heterocycles. The second-order valence-corrected chi connectivity index (χ2v) is 10.0. The van der Waals surface area contributed by atoms with Crippen molar-refractivity contribution in [3.05, 3.63) is 46.0 Å². The van der Waals surface area contributed by atoms with Crippen molar-refractivity contribution in [2.24, 2.45) is 0 Å². The van der Waals surface area contributed by atoms with Gasteiger partial charge < -0.3 is 9.84 Å². The van der Waals surface area contributed by atoms with Crippen molar-refractivity contribution in [3.8, 4) is 5.75 Å². The molecule has 0 saturated carbocycles. The maximum atomic E-state index is 13.2. The number of aliphatic hydroxyl groups is 1. The van der Waals surface area contributed by atoms with Gasteiger partial charge in [0.15, 0.2) is 0 Å². The minimum absolute atomic E-state index is 0.0307. The van der Waals surface area contributed by atoms with Crippen LogP contribution in [0.4, 0.5) is 16.2 Å². The summed E-state index contributed by atoms with van der Waals surface area (Å²) in [6.07, 6.45) is 0. The number of sulfonamides is 1. The first-order valence-corrected chi connectivity index (χ1v) is 11.2. The second kappa shape index (κ2) is 7.53. The van der Waals surface area contributed by atoms with Gasteiger partial charge in [0.25, 0.3) is 10.0 Å². The Morgan fingerprint density at radius 3 is 2.36 bits per heavy atom. The van der Waals surface area contributed by atoms with E-state index in [2.05, 4.69) is 22.6 Å². The van der Waals surface area contributed by atoms with Crippen LogP contribution >= 0.6 is 22.6 Å². The molecule has 2 aromatic carbocycles. The van der Waals surface area contributed by atoms with Gasteiger partial charge >= 0.3 is 6.03 Å². The van der Waals surface area contributed by atoms with Crippen molar-refractivity contribution in [3.63, 3.8) is 0 Å². The number of carbonyl (C=O) groups is 1. The summed E-state index contributed by atoms with van der Waals surface area (Å²) in [6, 6.07) is 10.5. The van der Waals surface area contributed by atoms with Crippen LogP contribution in [0.2, 0.25) is 0 Å². The molecule has 0 atom stereocenters. The lowest BCUT2D eigenvalue weighted by atomic mass is 10.2. The van der Waals surface area contributed by atoms with Crippen molar-refractivity contribution in [1.29, 1.82) is 0 Å². The lowest BCUT2D eigenvalue weighted by Gasteiger charge is -2.36. The Balaban J connectivity index is 2.08. The molecule has 0 spiro atoms. The number of hydrogen-bond acceptors (Lipinski definition) is 5. The largest absolute Gasteiger partial charge is 0.491 e. The van der Waals surface area contributed by atoms with Crippen LogP contribution in [0.15, 0.2) is 47.4 Å². The lowest BCUT2D eigenvalue weighted by Crippen LogP contribution is -2.51. The Morgan fingerprint density at radius 1 is 1.14 bits per heavy atom. The van der Waals surface area contributed by atoms with E-state index in [1.54, 1.807) is 45.0 Å². The van der Waals surface area contributed by atoms with Gasteiger partial charge in [-0.3, -0.25) is 4.90 Å². The average Bonchev–Trinajstić information content (AvgIpc) is 2.61. The fourth-order valence-corrected chi connectivity index (χ4v) is 4.75. The minimum Gasteiger partial charge on any atom is -0.491 e. The fraction of sp³-hybridized carbons (Fsp3) is 0.316. The molecule has 0 saturated heterocycles. The first-order valence-electron chi connectivity index (χ1n) is 8.66. The van der Waals surface area contributed by atoms with Crippen LogP contribution in [0.3, 0.4) is 0 Å². The molecule has 0 radical (unpaired) electrons. The van der Waals surface area contributed by atoms with Gasteiger partial charge in [0.2, 0.25) is 0 Å². The van der Waals surface area contributed by atoms with Crippen LogP contribution in [-0.4, -0.2) is 38.3 Å². The van der Waals surface area contributed by atoms with Gasteiger partial charge in [0.05, 0.1) is 17.0 Å². The molecule has 7 nitrogen and oxygen atoms in total. The summed E-state index contributed by atoms with van der Waals surface area (Å²) in [5.74, 6) is 0.380. The Kier molecular flexibility index (Phi) is 5.61. The van der Waals surface area contributed by atoms with E-state index in [4.69, 9.17) is 4.74 Å². The summed E-state index contributed by atoms with van der Waals surface area (Å²) >= 11 is 2.11. The van der Waals surface area contributed by atoms with Crippen LogP contribution in [-0.2, 0) is 10.0 Å². The predicted molar refractivity (Wildman–Crippen MR) is 115 cm³/mol. The van der Waals surface area contributed by atoms with Crippen molar-refractivity contribution in [2.45, 2.75) is 31.3 Å². The zero-order valence-electron chi connectivity index (χ0n) is 15.7. The normalized spacial score (nSPS) is 16.1. The molecule has 3 rings (SSSR count). The number of benzene rings is 2. The maximum absolute atomic E-state index is 13.2. The highest BCUT2D eigenvalue weighted by atomic mass is 127. The summed E-state index contributed by atoms with van der Waals surface area (Å²) in [5.41, 5.74) is -0.483. The van der Waals surface area contributed by atoms with E-state index in [0.717, 1.165) is 7.88 Å². The number of halogens is 1. The van der Waals surface area contributed by atoms with Crippen LogP contribution in [0.5, 0.6) is 5.75 Å². The molecule has 0 unspecified atom stereocenters. The quantitative estimate of drug-likeness (QED) is 0.614. The van der Waals surface area contributed by atoms with E-state index in [-0.39, 0.29) is 29.4 Å². The standard InChI is InChI=1S/C19H21IN2O5S/c1-4-21-16-11-15(27-12-19(2,3)24)9-10-17(16)28(25,26)22(18(21)23)14-7-5-13(20)6-8-14/h5-11,24H,4,12H2,1-3H3. The lowest BCUT2D eigenvalue weighted by molar-refractivity contribution is 0.0285. The first-order chi connectivity index (χ1) is 13.0. The second-order valence-electron chi connectivity index (χ2n) is 7.00. The minimum atomic E-state index is -4.07. The van der Waals surface area contributed by atoms with Crippen molar-refractivity contribution < 1.29 is 23.1 Å². The number of anilines is 2. The molecule has 0 fully saturated rings. The Morgan fingerprint density at radius 2 is 1.79 bits per heavy atom. The number of fused-ring (bicyclic) bond motifs is 1. The molecule has 1 N–H and O–H groups in total. The van der Waals surface area contributed by atoms with Gasteiger partial charge in [-0.25, -0.2) is 13.2 Å². The van der Waals surface area contributed by atoms with Crippen molar-refractivity contribution in [1.82, 2.24) is 0 Å². The van der Waals surface area contributed by atoms with E-state index >= 15 is 0 Å². The molecule has 0 aromatic heterocycles. The molecule has 1 aliphatic rings. The van der Waals surface area contributed by atoms with Crippen molar-refractivity contribution in [2.75, 3.05) is 22.4 Å². The summed E-state index contributed by atoms with van der Waals surface area (Å²) in [7, 11) is -4.07. The summed E-state index contributed by atoms with van der Waals surface area (Å²) in [4.78, 5) is 14.5. The van der Waals surface area contributed by atoms with Gasteiger partial charge in [0.1, 0.15) is 17.3 Å². The van der Waals surface area contributed by atoms with Crippen LogP contribution < -0.4 is 13.9 Å². The Bertz CT molecular complexity index is 1000. The monoisotopic (exact) mass is 516 g/mol. The van der Waals surface area contributed by atoms with Gasteiger partial charge in [0, 0.05) is 16.2 Å². The summed E-state index contributed by atoms with van der Waals surface area (Å²) < 4.78 is 33.7. The third-order valence-corrected chi connectivity index (χ3v) is 6.58. The highest BCUT2D eigenvalue weighted by Crippen LogP contribution is 2.39. The van der Waals surface area contributed by atoms with E-state index in [1.807, 2.05) is 0 Å². The molecular weight excluding hydrogens is 495 g/mol. The summed E-state index contributed by atoms with van der Waals surface area (Å²) in [5, 5.41) is 9.83. The number of amides is 2. The van der Waals surface area contributed by atoms with E-state index < -0.39 is 21.7 Å². The molecule has 2 aromatic rings. The first kappa shape index (κ1) is 20.9. The van der Waals surface area contributed by atoms with E-state index in [0.29, 0.717) is 5.75 Å². The van der Waals surface area contributed by atoms with Crippen LogP contribution in [0.1, 0.15) is 20.8 Å². The molecule has 28 heavy (non-hydrogen) atoms. The smallest absolute Gasteiger partial charge is 0.343 e. The predicted octanol–water partition coefficient (Wildman–Crippen LogP) is 3.60. The zero-order chi connectivity index (χ0) is 20.7. The van der Waals surface area contributed by atoms with Gasteiger partial charge in [-0.15, -0.1) is 0 Å². The molecule has 2 amide bonds. The van der Waals surface area contributed by atoms with Gasteiger partial charge in [-0.2, -0.15) is 4.31 Å². The maximum Gasteiger partial charge on any atom is 0.343 e. The number of nitrogens with zero attached hydrogens (tertiary/aromatic N) is 2. The average molecular weight is 516 g/mol. The molecule has 9 heteroatoms. The molecule has 1 heterocycles. The number of ether oxygens (including phenoxy) is 1. The third-order valence-electron chi connectivity index (χ3n) is 4.11.